The van der Waals surface area contributed by atoms with Crippen LogP contribution < -0.4 is 5.32 Å². The highest BCUT2D eigenvalue weighted by molar-refractivity contribution is 5.83. The van der Waals surface area contributed by atoms with Crippen LogP contribution in [0.1, 0.15) is 31.9 Å². The minimum atomic E-state index is -0.807. The van der Waals surface area contributed by atoms with Crippen molar-refractivity contribution in [3.8, 4) is 11.3 Å². The zero-order valence-electron chi connectivity index (χ0n) is 14.0. The van der Waals surface area contributed by atoms with Gasteiger partial charge >= 0.3 is 5.97 Å². The van der Waals surface area contributed by atoms with E-state index in [1.165, 1.54) is 6.07 Å². The summed E-state index contributed by atoms with van der Waals surface area (Å²) in [7, 11) is 0. The van der Waals surface area contributed by atoms with Crippen LogP contribution in [0.5, 0.6) is 0 Å². The third kappa shape index (κ3) is 4.68. The summed E-state index contributed by atoms with van der Waals surface area (Å²) in [5, 5.41) is 2.79. The molecule has 1 atom stereocenters. The summed E-state index contributed by atoms with van der Waals surface area (Å²) in [6.45, 7) is 1.55. The smallest absolute Gasteiger partial charge is 0.307 e. The van der Waals surface area contributed by atoms with Crippen molar-refractivity contribution >= 4 is 11.9 Å². The summed E-state index contributed by atoms with van der Waals surface area (Å²) in [6, 6.07) is 9.94. The van der Waals surface area contributed by atoms with Gasteiger partial charge in [0.2, 0.25) is 0 Å². The van der Waals surface area contributed by atoms with Crippen LogP contribution in [0.4, 0.5) is 4.39 Å². The highest BCUT2D eigenvalue weighted by Gasteiger charge is 2.27. The van der Waals surface area contributed by atoms with E-state index in [0.29, 0.717) is 23.5 Å². The molecule has 1 aromatic carbocycles. The first-order valence-corrected chi connectivity index (χ1v) is 8.36. The van der Waals surface area contributed by atoms with E-state index in [1.807, 2.05) is 0 Å². The van der Waals surface area contributed by atoms with Gasteiger partial charge in [0.15, 0.2) is 6.10 Å². The van der Waals surface area contributed by atoms with Gasteiger partial charge in [-0.25, -0.2) is 4.39 Å². The Hall–Kier alpha value is -2.63. The Kier molecular flexibility index (Phi) is 5.16. The number of halogens is 1. The standard InChI is InChI=1S/C19H20FNO4/c1-12(19(23)21-13-6-7-13)24-18(22)11-9-14-8-10-17(25-14)15-4-2-3-5-16(15)20/h2-5,8,10,12-13H,6-7,9,11H2,1H3,(H,21,23)/t12-/m0/s1. The van der Waals surface area contributed by atoms with Gasteiger partial charge in [0, 0.05) is 12.5 Å². The number of rotatable bonds is 7. The monoisotopic (exact) mass is 345 g/mol. The Morgan fingerprint density at radius 1 is 1.28 bits per heavy atom. The molecule has 1 N–H and O–H groups in total. The van der Waals surface area contributed by atoms with Crippen LogP contribution >= 0.6 is 0 Å². The van der Waals surface area contributed by atoms with Crippen LogP contribution in [0, 0.1) is 5.82 Å². The van der Waals surface area contributed by atoms with Crippen LogP contribution in [0.3, 0.4) is 0 Å². The molecule has 1 aliphatic carbocycles. The van der Waals surface area contributed by atoms with Gasteiger partial charge in [-0.2, -0.15) is 0 Å². The number of benzene rings is 1. The van der Waals surface area contributed by atoms with Crippen LogP contribution in [0.15, 0.2) is 40.8 Å². The fraction of sp³-hybridized carbons (Fsp3) is 0.368. The predicted molar refractivity (Wildman–Crippen MR) is 89.1 cm³/mol. The largest absolute Gasteiger partial charge is 0.461 e. The molecule has 1 heterocycles. The Morgan fingerprint density at radius 3 is 2.76 bits per heavy atom. The second-order valence-electron chi connectivity index (χ2n) is 6.16. The molecule has 1 aromatic heterocycles. The van der Waals surface area contributed by atoms with E-state index in [2.05, 4.69) is 5.32 Å². The highest BCUT2D eigenvalue weighted by atomic mass is 19.1. The number of furan rings is 1. The molecule has 25 heavy (non-hydrogen) atoms. The second-order valence-corrected chi connectivity index (χ2v) is 6.16. The van der Waals surface area contributed by atoms with Crippen LogP contribution in [0.25, 0.3) is 11.3 Å². The lowest BCUT2D eigenvalue weighted by molar-refractivity contribution is -0.154. The average molecular weight is 345 g/mol. The SMILES string of the molecule is C[C@H](OC(=O)CCc1ccc(-c2ccccc2F)o1)C(=O)NC1CC1. The fourth-order valence-corrected chi connectivity index (χ4v) is 2.40. The van der Waals surface area contributed by atoms with Crippen molar-refractivity contribution in [1.29, 1.82) is 0 Å². The van der Waals surface area contributed by atoms with Gasteiger partial charge in [-0.3, -0.25) is 9.59 Å². The zero-order valence-corrected chi connectivity index (χ0v) is 14.0. The summed E-state index contributed by atoms with van der Waals surface area (Å²) in [6.07, 6.45) is 1.57. The van der Waals surface area contributed by atoms with Gasteiger partial charge in [-0.1, -0.05) is 12.1 Å². The lowest BCUT2D eigenvalue weighted by Crippen LogP contribution is -2.37. The molecule has 1 fully saturated rings. The van der Waals surface area contributed by atoms with Gasteiger partial charge in [-0.15, -0.1) is 0 Å². The number of hydrogen-bond acceptors (Lipinski definition) is 4. The zero-order chi connectivity index (χ0) is 17.8. The summed E-state index contributed by atoms with van der Waals surface area (Å²) in [5.41, 5.74) is 0.377. The molecule has 5 nitrogen and oxygen atoms in total. The summed E-state index contributed by atoms with van der Waals surface area (Å²) in [5.74, 6) is -0.125. The maximum atomic E-state index is 13.7. The van der Waals surface area contributed by atoms with Gasteiger partial charge < -0.3 is 14.5 Å². The lowest BCUT2D eigenvalue weighted by atomic mass is 10.1. The Balaban J connectivity index is 1.49. The van der Waals surface area contributed by atoms with E-state index in [1.54, 1.807) is 37.3 Å². The molecular weight excluding hydrogens is 325 g/mol. The maximum absolute atomic E-state index is 13.7. The number of nitrogens with one attached hydrogen (secondary N) is 1. The number of hydrogen-bond donors (Lipinski definition) is 1. The first-order valence-electron chi connectivity index (χ1n) is 8.36. The molecule has 3 rings (SSSR count). The first-order chi connectivity index (χ1) is 12.0. The summed E-state index contributed by atoms with van der Waals surface area (Å²) < 4.78 is 24.4. The van der Waals surface area contributed by atoms with E-state index in [-0.39, 0.29) is 24.2 Å². The number of amides is 1. The minimum Gasteiger partial charge on any atom is -0.461 e. The highest BCUT2D eigenvalue weighted by Crippen LogP contribution is 2.25. The molecular formula is C19H20FNO4. The molecule has 1 amide bonds. The predicted octanol–water partition coefficient (Wildman–Crippen LogP) is 3.23. The van der Waals surface area contributed by atoms with Gasteiger partial charge in [-0.05, 0) is 44.0 Å². The quantitative estimate of drug-likeness (QED) is 0.782. The van der Waals surface area contributed by atoms with E-state index in [0.717, 1.165) is 12.8 Å². The molecule has 1 aliphatic rings. The Morgan fingerprint density at radius 2 is 2.04 bits per heavy atom. The van der Waals surface area contributed by atoms with Crippen molar-refractivity contribution in [1.82, 2.24) is 5.32 Å². The molecule has 2 aromatic rings. The fourth-order valence-electron chi connectivity index (χ4n) is 2.40. The number of esters is 1. The maximum Gasteiger partial charge on any atom is 0.307 e. The molecule has 1 saturated carbocycles. The summed E-state index contributed by atoms with van der Waals surface area (Å²) in [4.78, 5) is 23.6. The van der Waals surface area contributed by atoms with Gasteiger partial charge in [0.1, 0.15) is 17.3 Å². The van der Waals surface area contributed by atoms with Crippen molar-refractivity contribution in [3.63, 3.8) is 0 Å². The molecule has 0 spiro atoms. The number of carbonyl (C=O) groups excluding carboxylic acids is 2. The number of aryl methyl sites for hydroxylation is 1. The van der Waals surface area contributed by atoms with E-state index >= 15 is 0 Å². The van der Waals surface area contributed by atoms with Gasteiger partial charge in [0.05, 0.1) is 12.0 Å². The van der Waals surface area contributed by atoms with Crippen molar-refractivity contribution < 1.29 is 23.1 Å². The Labute approximate surface area is 145 Å². The third-order valence-electron chi connectivity index (χ3n) is 3.98. The normalized spacial score (nSPS) is 14.8. The van der Waals surface area contributed by atoms with Crippen LogP contribution in [-0.4, -0.2) is 24.0 Å². The van der Waals surface area contributed by atoms with Crippen molar-refractivity contribution in [2.75, 3.05) is 0 Å². The summed E-state index contributed by atoms with van der Waals surface area (Å²) >= 11 is 0. The molecule has 0 radical (unpaired) electrons. The molecule has 6 heteroatoms. The van der Waals surface area contributed by atoms with Crippen molar-refractivity contribution in [2.45, 2.75) is 44.8 Å². The van der Waals surface area contributed by atoms with Crippen LogP contribution in [0.2, 0.25) is 0 Å². The Bertz CT molecular complexity index is 766. The minimum absolute atomic E-state index is 0.0886. The first kappa shape index (κ1) is 17.2. The molecule has 0 unspecified atom stereocenters. The van der Waals surface area contributed by atoms with E-state index < -0.39 is 12.1 Å². The topological polar surface area (TPSA) is 68.5 Å². The molecule has 0 aliphatic heterocycles. The third-order valence-corrected chi connectivity index (χ3v) is 3.98. The van der Waals surface area contributed by atoms with Crippen LogP contribution in [-0.2, 0) is 20.7 Å². The number of carbonyl (C=O) groups is 2. The molecule has 0 bridgehead atoms. The van der Waals surface area contributed by atoms with Gasteiger partial charge in [0.25, 0.3) is 5.91 Å². The molecule has 0 saturated heterocycles. The van der Waals surface area contributed by atoms with Crippen molar-refractivity contribution in [3.05, 3.63) is 48.0 Å². The average Bonchev–Trinajstić information content (AvgIpc) is 3.28. The van der Waals surface area contributed by atoms with E-state index in [9.17, 15) is 14.0 Å². The number of ether oxygens (including phenoxy) is 1. The second kappa shape index (κ2) is 7.51. The lowest BCUT2D eigenvalue weighted by Gasteiger charge is -2.12. The molecule has 132 valence electrons. The van der Waals surface area contributed by atoms with E-state index in [4.69, 9.17) is 9.15 Å². The van der Waals surface area contributed by atoms with Crippen molar-refractivity contribution in [2.24, 2.45) is 0 Å².